The normalized spacial score (nSPS) is 10.6. The van der Waals surface area contributed by atoms with E-state index in [2.05, 4.69) is 15.9 Å². The Balaban J connectivity index is 2.41. The molecule has 0 aliphatic rings. The number of carbonyl (C=O) groups is 1. The highest BCUT2D eigenvalue weighted by Gasteiger charge is 2.15. The molecule has 0 bridgehead atoms. The van der Waals surface area contributed by atoms with E-state index in [1.807, 2.05) is 42.7 Å². The quantitative estimate of drug-likeness (QED) is 0.941. The second-order valence-corrected chi connectivity index (χ2v) is 5.12. The van der Waals surface area contributed by atoms with Crippen molar-refractivity contribution in [1.82, 2.24) is 4.57 Å². The van der Waals surface area contributed by atoms with E-state index in [-0.39, 0.29) is 0 Å². The zero-order valence-corrected chi connectivity index (χ0v) is 11.9. The third-order valence-corrected chi connectivity index (χ3v) is 3.86. The van der Waals surface area contributed by atoms with Gasteiger partial charge in [0.15, 0.2) is 0 Å². The molecule has 0 amide bonds. The lowest BCUT2D eigenvalue weighted by Gasteiger charge is -2.11. The predicted octanol–water partition coefficient (Wildman–Crippen LogP) is 3.61. The molecule has 0 aliphatic carbocycles. The van der Waals surface area contributed by atoms with Crippen molar-refractivity contribution in [3.05, 3.63) is 57.3 Å². The molecule has 4 heteroatoms. The number of aromatic carboxylic acids is 1. The molecule has 1 heterocycles. The van der Waals surface area contributed by atoms with Gasteiger partial charge in [-0.3, -0.25) is 0 Å². The lowest BCUT2D eigenvalue weighted by atomic mass is 10.2. The van der Waals surface area contributed by atoms with Crippen LogP contribution in [0.4, 0.5) is 0 Å². The Morgan fingerprint density at radius 3 is 2.56 bits per heavy atom. The Hall–Kier alpha value is -1.55. The van der Waals surface area contributed by atoms with Gasteiger partial charge in [0.1, 0.15) is 0 Å². The van der Waals surface area contributed by atoms with Crippen LogP contribution in [0.3, 0.4) is 0 Å². The van der Waals surface area contributed by atoms with Crippen molar-refractivity contribution < 1.29 is 9.90 Å². The number of rotatable bonds is 3. The van der Waals surface area contributed by atoms with Crippen LogP contribution in [0.15, 0.2) is 34.8 Å². The summed E-state index contributed by atoms with van der Waals surface area (Å²) in [5.74, 6) is -0.874. The monoisotopic (exact) mass is 307 g/mol. The first kappa shape index (κ1) is 12.9. The van der Waals surface area contributed by atoms with Gasteiger partial charge in [-0.05, 0) is 31.5 Å². The van der Waals surface area contributed by atoms with Crippen molar-refractivity contribution in [1.29, 1.82) is 0 Å². The zero-order chi connectivity index (χ0) is 13.3. The van der Waals surface area contributed by atoms with Gasteiger partial charge in [0.25, 0.3) is 0 Å². The van der Waals surface area contributed by atoms with Gasteiger partial charge in [-0.15, -0.1) is 0 Å². The number of carboxylic acids is 1. The Morgan fingerprint density at radius 1 is 1.33 bits per heavy atom. The third kappa shape index (κ3) is 2.34. The van der Waals surface area contributed by atoms with Crippen molar-refractivity contribution in [3.8, 4) is 0 Å². The van der Waals surface area contributed by atoms with Crippen LogP contribution in [-0.2, 0) is 6.54 Å². The molecular weight excluding hydrogens is 294 g/mol. The Morgan fingerprint density at radius 2 is 2.00 bits per heavy atom. The summed E-state index contributed by atoms with van der Waals surface area (Å²) < 4.78 is 3.05. The molecule has 94 valence electrons. The number of aromatic nitrogens is 1. The molecule has 2 rings (SSSR count). The first-order chi connectivity index (χ1) is 8.50. The molecule has 2 aromatic rings. The Kier molecular flexibility index (Phi) is 3.57. The largest absolute Gasteiger partial charge is 0.478 e. The maximum atomic E-state index is 11.1. The van der Waals surface area contributed by atoms with Crippen LogP contribution in [0.1, 0.15) is 27.3 Å². The van der Waals surface area contributed by atoms with E-state index in [1.54, 1.807) is 6.07 Å². The van der Waals surface area contributed by atoms with Gasteiger partial charge in [-0.25, -0.2) is 4.79 Å². The van der Waals surface area contributed by atoms with E-state index in [4.69, 9.17) is 5.11 Å². The van der Waals surface area contributed by atoms with Gasteiger partial charge in [0.2, 0.25) is 0 Å². The standard InChI is InChI=1S/C14H14BrNO2/c1-9-7-12(14(17)18)10(2)16(9)8-11-5-3-4-6-13(11)15/h3-7H,8H2,1-2H3,(H,17,18). The third-order valence-electron chi connectivity index (χ3n) is 3.09. The number of halogens is 1. The van der Waals surface area contributed by atoms with Crippen molar-refractivity contribution in [2.45, 2.75) is 20.4 Å². The smallest absolute Gasteiger partial charge is 0.337 e. The lowest BCUT2D eigenvalue weighted by molar-refractivity contribution is 0.0696. The van der Waals surface area contributed by atoms with E-state index in [0.717, 1.165) is 21.4 Å². The molecule has 0 unspecified atom stereocenters. The van der Waals surface area contributed by atoms with Crippen LogP contribution in [0.5, 0.6) is 0 Å². The molecular formula is C14H14BrNO2. The highest BCUT2D eigenvalue weighted by molar-refractivity contribution is 9.10. The van der Waals surface area contributed by atoms with Crippen LogP contribution in [-0.4, -0.2) is 15.6 Å². The maximum Gasteiger partial charge on any atom is 0.337 e. The first-order valence-electron chi connectivity index (χ1n) is 5.64. The number of hydrogen-bond donors (Lipinski definition) is 1. The van der Waals surface area contributed by atoms with E-state index in [1.165, 1.54) is 0 Å². The molecule has 0 radical (unpaired) electrons. The molecule has 1 aromatic heterocycles. The molecule has 1 aromatic carbocycles. The van der Waals surface area contributed by atoms with E-state index in [0.29, 0.717) is 12.1 Å². The van der Waals surface area contributed by atoms with Crippen molar-refractivity contribution >= 4 is 21.9 Å². The van der Waals surface area contributed by atoms with E-state index in [9.17, 15) is 4.79 Å². The van der Waals surface area contributed by atoms with Gasteiger partial charge in [-0.2, -0.15) is 0 Å². The molecule has 0 spiro atoms. The van der Waals surface area contributed by atoms with E-state index < -0.39 is 5.97 Å². The summed E-state index contributed by atoms with van der Waals surface area (Å²) in [4.78, 5) is 11.1. The number of aryl methyl sites for hydroxylation is 1. The summed E-state index contributed by atoms with van der Waals surface area (Å²) in [5.41, 5.74) is 3.26. The maximum absolute atomic E-state index is 11.1. The van der Waals surface area contributed by atoms with Crippen LogP contribution in [0.2, 0.25) is 0 Å². The zero-order valence-electron chi connectivity index (χ0n) is 10.3. The molecule has 0 fully saturated rings. The fourth-order valence-corrected chi connectivity index (χ4v) is 2.47. The molecule has 0 aliphatic heterocycles. The lowest BCUT2D eigenvalue weighted by Crippen LogP contribution is -2.06. The number of hydrogen-bond acceptors (Lipinski definition) is 1. The number of nitrogens with zero attached hydrogens (tertiary/aromatic N) is 1. The summed E-state index contributed by atoms with van der Waals surface area (Å²) in [6.07, 6.45) is 0. The minimum Gasteiger partial charge on any atom is -0.478 e. The average Bonchev–Trinajstić information content (AvgIpc) is 2.60. The molecule has 0 saturated carbocycles. The van der Waals surface area contributed by atoms with Crippen molar-refractivity contribution in [3.63, 3.8) is 0 Å². The van der Waals surface area contributed by atoms with Crippen LogP contribution in [0, 0.1) is 13.8 Å². The Labute approximate surface area is 114 Å². The first-order valence-corrected chi connectivity index (χ1v) is 6.43. The molecule has 18 heavy (non-hydrogen) atoms. The fraction of sp³-hybridized carbons (Fsp3) is 0.214. The van der Waals surface area contributed by atoms with Crippen LogP contribution in [0.25, 0.3) is 0 Å². The van der Waals surface area contributed by atoms with Gasteiger partial charge in [0, 0.05) is 22.4 Å². The van der Waals surface area contributed by atoms with Crippen molar-refractivity contribution in [2.75, 3.05) is 0 Å². The second kappa shape index (κ2) is 4.98. The van der Waals surface area contributed by atoms with Gasteiger partial charge >= 0.3 is 5.97 Å². The summed E-state index contributed by atoms with van der Waals surface area (Å²) in [6.45, 7) is 4.44. The van der Waals surface area contributed by atoms with Crippen LogP contribution < -0.4 is 0 Å². The van der Waals surface area contributed by atoms with Gasteiger partial charge in [-0.1, -0.05) is 34.1 Å². The highest BCUT2D eigenvalue weighted by Crippen LogP contribution is 2.21. The number of benzene rings is 1. The minimum absolute atomic E-state index is 0.375. The van der Waals surface area contributed by atoms with Crippen LogP contribution >= 0.6 is 15.9 Å². The summed E-state index contributed by atoms with van der Waals surface area (Å²) in [5, 5.41) is 9.10. The van der Waals surface area contributed by atoms with Crippen molar-refractivity contribution in [2.24, 2.45) is 0 Å². The molecule has 0 atom stereocenters. The predicted molar refractivity (Wildman–Crippen MR) is 74.1 cm³/mol. The SMILES string of the molecule is Cc1cc(C(=O)O)c(C)n1Cc1ccccc1Br. The fourth-order valence-electron chi connectivity index (χ4n) is 2.06. The van der Waals surface area contributed by atoms with Gasteiger partial charge < -0.3 is 9.67 Å². The molecule has 0 saturated heterocycles. The summed E-state index contributed by atoms with van der Waals surface area (Å²) >= 11 is 3.51. The molecule has 1 N–H and O–H groups in total. The molecule has 3 nitrogen and oxygen atoms in total. The average molecular weight is 308 g/mol. The minimum atomic E-state index is -0.874. The van der Waals surface area contributed by atoms with E-state index >= 15 is 0 Å². The summed E-state index contributed by atoms with van der Waals surface area (Å²) in [7, 11) is 0. The summed E-state index contributed by atoms with van der Waals surface area (Å²) in [6, 6.07) is 9.68. The highest BCUT2D eigenvalue weighted by atomic mass is 79.9. The second-order valence-electron chi connectivity index (χ2n) is 4.27. The Bertz CT molecular complexity index is 602. The topological polar surface area (TPSA) is 42.2 Å². The van der Waals surface area contributed by atoms with Gasteiger partial charge in [0.05, 0.1) is 5.56 Å². The number of carboxylic acid groups (broad SMARTS) is 1.